The lowest BCUT2D eigenvalue weighted by atomic mass is 10.1. The summed E-state index contributed by atoms with van der Waals surface area (Å²) in [6.45, 7) is 7.83. The summed E-state index contributed by atoms with van der Waals surface area (Å²) in [4.78, 5) is 6.56. The molecule has 0 aliphatic carbocycles. The Labute approximate surface area is 185 Å². The number of hydrogen-bond acceptors (Lipinski definition) is 5. The van der Waals surface area contributed by atoms with Gasteiger partial charge in [0.1, 0.15) is 0 Å². The SMILES string of the molecule is CN=C(NCCS(=O)(=O)NCC1CCCCO1)N1CCSC(C(C)C)C1.I. The molecule has 10 heteroatoms. The second-order valence-corrected chi connectivity index (χ2v) is 10.5. The number of hydrogen-bond donors (Lipinski definition) is 2. The van der Waals surface area contributed by atoms with Crippen LogP contribution >= 0.6 is 35.7 Å². The predicted octanol–water partition coefficient (Wildman–Crippen LogP) is 1.74. The Kier molecular flexibility index (Phi) is 11.9. The highest BCUT2D eigenvalue weighted by atomic mass is 127. The van der Waals surface area contributed by atoms with E-state index in [1.54, 1.807) is 7.05 Å². The van der Waals surface area contributed by atoms with Gasteiger partial charge in [0.15, 0.2) is 5.96 Å². The van der Waals surface area contributed by atoms with Gasteiger partial charge in [-0.2, -0.15) is 11.8 Å². The monoisotopic (exact) mass is 534 g/mol. The standard InChI is InChI=1S/C17H34N4O3S2.HI/c1-14(2)16-13-21(8-10-25-16)17(18-3)19-7-11-26(22,23)20-12-15-6-4-5-9-24-15;/h14-16,20H,4-13H2,1-3H3,(H,18,19);1H. The molecule has 0 spiro atoms. The zero-order valence-electron chi connectivity index (χ0n) is 16.6. The van der Waals surface area contributed by atoms with Crippen LogP contribution in [0.5, 0.6) is 0 Å². The maximum absolute atomic E-state index is 12.2. The first-order valence-electron chi connectivity index (χ1n) is 9.57. The molecule has 0 saturated carbocycles. The number of sulfonamides is 1. The molecule has 2 N–H and O–H groups in total. The minimum Gasteiger partial charge on any atom is -0.377 e. The van der Waals surface area contributed by atoms with Crippen molar-refractivity contribution in [3.63, 3.8) is 0 Å². The highest BCUT2D eigenvalue weighted by molar-refractivity contribution is 14.0. The van der Waals surface area contributed by atoms with Gasteiger partial charge in [-0.15, -0.1) is 24.0 Å². The Morgan fingerprint density at radius 2 is 2.15 bits per heavy atom. The molecule has 2 rings (SSSR count). The number of aliphatic imine (C=N–C) groups is 1. The van der Waals surface area contributed by atoms with Gasteiger partial charge in [-0.3, -0.25) is 4.99 Å². The highest BCUT2D eigenvalue weighted by Gasteiger charge is 2.25. The molecular weight excluding hydrogens is 499 g/mol. The summed E-state index contributed by atoms with van der Waals surface area (Å²) in [6, 6.07) is 0. The minimum absolute atomic E-state index is 0. The van der Waals surface area contributed by atoms with Crippen molar-refractivity contribution in [3.05, 3.63) is 0 Å². The van der Waals surface area contributed by atoms with E-state index in [2.05, 4.69) is 33.8 Å². The second kappa shape index (κ2) is 12.7. The summed E-state index contributed by atoms with van der Waals surface area (Å²) in [5, 5.41) is 3.80. The normalized spacial score (nSPS) is 24.6. The van der Waals surface area contributed by atoms with Crippen molar-refractivity contribution in [2.24, 2.45) is 10.9 Å². The lowest BCUT2D eigenvalue weighted by molar-refractivity contribution is 0.0200. The molecule has 0 amide bonds. The quantitative estimate of drug-likeness (QED) is 0.294. The van der Waals surface area contributed by atoms with Gasteiger partial charge in [0.05, 0.1) is 11.9 Å². The van der Waals surface area contributed by atoms with E-state index in [4.69, 9.17) is 4.74 Å². The van der Waals surface area contributed by atoms with Crippen molar-refractivity contribution in [2.75, 3.05) is 51.3 Å². The predicted molar refractivity (Wildman–Crippen MR) is 125 cm³/mol. The van der Waals surface area contributed by atoms with Crippen LogP contribution < -0.4 is 10.0 Å². The first-order valence-corrected chi connectivity index (χ1v) is 12.3. The topological polar surface area (TPSA) is 83.0 Å². The lowest BCUT2D eigenvalue weighted by Crippen LogP contribution is -2.50. The third-order valence-corrected chi connectivity index (χ3v) is 7.70. The van der Waals surface area contributed by atoms with Gasteiger partial charge >= 0.3 is 0 Å². The van der Waals surface area contributed by atoms with E-state index >= 15 is 0 Å². The van der Waals surface area contributed by atoms with Gasteiger partial charge in [-0.1, -0.05) is 13.8 Å². The molecule has 2 atom stereocenters. The molecule has 160 valence electrons. The van der Waals surface area contributed by atoms with Crippen LogP contribution in [0.25, 0.3) is 0 Å². The van der Waals surface area contributed by atoms with Gasteiger partial charge in [0.25, 0.3) is 0 Å². The number of thioether (sulfide) groups is 1. The number of guanidine groups is 1. The van der Waals surface area contributed by atoms with E-state index in [1.165, 1.54) is 0 Å². The molecule has 2 saturated heterocycles. The Bertz CT molecular complexity index is 554. The number of rotatable bonds is 7. The van der Waals surface area contributed by atoms with E-state index in [-0.39, 0.29) is 35.8 Å². The summed E-state index contributed by atoms with van der Waals surface area (Å²) >= 11 is 2.01. The van der Waals surface area contributed by atoms with Crippen molar-refractivity contribution in [2.45, 2.75) is 44.5 Å². The van der Waals surface area contributed by atoms with Crippen molar-refractivity contribution in [3.8, 4) is 0 Å². The average molecular weight is 535 g/mol. The molecule has 7 nitrogen and oxygen atoms in total. The number of nitrogens with zero attached hydrogens (tertiary/aromatic N) is 2. The lowest BCUT2D eigenvalue weighted by Gasteiger charge is -2.36. The first-order chi connectivity index (χ1) is 12.4. The molecule has 0 radical (unpaired) electrons. The highest BCUT2D eigenvalue weighted by Crippen LogP contribution is 2.24. The fraction of sp³-hybridized carbons (Fsp3) is 0.941. The molecule has 2 fully saturated rings. The Morgan fingerprint density at radius 3 is 2.78 bits per heavy atom. The third-order valence-electron chi connectivity index (χ3n) is 4.81. The van der Waals surface area contributed by atoms with Crippen LogP contribution in [0.1, 0.15) is 33.1 Å². The van der Waals surface area contributed by atoms with Crippen LogP contribution in [0.3, 0.4) is 0 Å². The molecule has 0 aromatic heterocycles. The Balaban J connectivity index is 0.00000364. The molecule has 27 heavy (non-hydrogen) atoms. The molecule has 2 aliphatic rings. The molecule has 2 unspecified atom stereocenters. The summed E-state index contributed by atoms with van der Waals surface area (Å²) < 4.78 is 32.6. The van der Waals surface area contributed by atoms with Crippen LogP contribution in [0.15, 0.2) is 4.99 Å². The van der Waals surface area contributed by atoms with E-state index in [0.717, 1.165) is 50.7 Å². The summed E-state index contributed by atoms with van der Waals surface area (Å²) in [5.74, 6) is 2.52. The largest absolute Gasteiger partial charge is 0.377 e. The molecule has 0 aromatic carbocycles. The second-order valence-electron chi connectivity index (χ2n) is 7.23. The summed E-state index contributed by atoms with van der Waals surface area (Å²) in [6.07, 6.45) is 3.12. The minimum atomic E-state index is -3.31. The van der Waals surface area contributed by atoms with Gasteiger partial charge in [-0.05, 0) is 25.2 Å². The first kappa shape index (κ1) is 25.3. The fourth-order valence-corrected chi connectivity index (χ4v) is 5.41. The Morgan fingerprint density at radius 1 is 1.37 bits per heavy atom. The molecular formula is C17H35IN4O3S2. The van der Waals surface area contributed by atoms with Gasteiger partial charge < -0.3 is 15.0 Å². The van der Waals surface area contributed by atoms with Crippen molar-refractivity contribution in [1.82, 2.24) is 14.9 Å². The number of nitrogens with one attached hydrogen (secondary N) is 2. The third kappa shape index (κ3) is 9.05. The van der Waals surface area contributed by atoms with Crippen molar-refractivity contribution in [1.29, 1.82) is 0 Å². The number of ether oxygens (including phenoxy) is 1. The van der Waals surface area contributed by atoms with E-state index in [0.29, 0.717) is 24.3 Å². The van der Waals surface area contributed by atoms with Crippen LogP contribution in [0, 0.1) is 5.92 Å². The zero-order valence-corrected chi connectivity index (χ0v) is 20.6. The zero-order chi connectivity index (χ0) is 19.0. The molecule has 2 aliphatic heterocycles. The van der Waals surface area contributed by atoms with E-state index in [1.807, 2.05) is 11.8 Å². The van der Waals surface area contributed by atoms with E-state index in [9.17, 15) is 8.42 Å². The maximum atomic E-state index is 12.2. The molecule has 0 bridgehead atoms. The average Bonchev–Trinajstić information content (AvgIpc) is 2.64. The molecule has 0 aromatic rings. The smallest absolute Gasteiger partial charge is 0.213 e. The van der Waals surface area contributed by atoms with Crippen LogP contribution in [0.2, 0.25) is 0 Å². The van der Waals surface area contributed by atoms with Crippen LogP contribution in [-0.2, 0) is 14.8 Å². The number of halogens is 1. The Hall–Kier alpha value is 0.220. The van der Waals surface area contributed by atoms with Crippen molar-refractivity contribution >= 4 is 51.7 Å². The molecule has 2 heterocycles. The summed E-state index contributed by atoms with van der Waals surface area (Å²) in [5.41, 5.74) is 0. The van der Waals surface area contributed by atoms with E-state index < -0.39 is 10.0 Å². The van der Waals surface area contributed by atoms with Crippen molar-refractivity contribution < 1.29 is 13.2 Å². The maximum Gasteiger partial charge on any atom is 0.213 e. The van der Waals surface area contributed by atoms with Crippen LogP contribution in [0.4, 0.5) is 0 Å². The van der Waals surface area contributed by atoms with Gasteiger partial charge in [0, 0.05) is 50.8 Å². The fourth-order valence-electron chi connectivity index (χ4n) is 3.16. The summed E-state index contributed by atoms with van der Waals surface area (Å²) in [7, 11) is -1.56. The van der Waals surface area contributed by atoms with Gasteiger partial charge in [0.2, 0.25) is 10.0 Å². The van der Waals surface area contributed by atoms with Gasteiger partial charge in [-0.25, -0.2) is 13.1 Å². The van der Waals surface area contributed by atoms with Crippen LogP contribution in [-0.4, -0.2) is 82.0 Å².